The van der Waals surface area contributed by atoms with Crippen LogP contribution in [-0.4, -0.2) is 36.0 Å². The van der Waals surface area contributed by atoms with E-state index in [1.807, 2.05) is 36.1 Å². The summed E-state index contributed by atoms with van der Waals surface area (Å²) in [6.07, 6.45) is 1.66. The SMILES string of the molecule is CC1C(N)CCN1C(=O)C1CCOc2ccccc21. The van der Waals surface area contributed by atoms with Gasteiger partial charge in [-0.05, 0) is 25.8 Å². The molecule has 19 heavy (non-hydrogen) atoms. The lowest BCUT2D eigenvalue weighted by molar-refractivity contribution is -0.134. The van der Waals surface area contributed by atoms with Gasteiger partial charge in [-0.25, -0.2) is 0 Å². The Kier molecular flexibility index (Phi) is 3.19. The molecule has 3 unspecified atom stereocenters. The van der Waals surface area contributed by atoms with E-state index in [9.17, 15) is 4.79 Å². The van der Waals surface area contributed by atoms with Crippen molar-refractivity contribution in [2.24, 2.45) is 5.73 Å². The van der Waals surface area contributed by atoms with Crippen molar-refractivity contribution < 1.29 is 9.53 Å². The Labute approximate surface area is 113 Å². The first-order valence-electron chi connectivity index (χ1n) is 6.96. The Bertz CT molecular complexity index is 489. The highest BCUT2D eigenvalue weighted by atomic mass is 16.5. The number of nitrogens with zero attached hydrogens (tertiary/aromatic N) is 1. The summed E-state index contributed by atoms with van der Waals surface area (Å²) in [5.74, 6) is 0.983. The second kappa shape index (κ2) is 4.85. The number of nitrogens with two attached hydrogens (primary N) is 1. The highest BCUT2D eigenvalue weighted by molar-refractivity contribution is 5.85. The maximum Gasteiger partial charge on any atom is 0.230 e. The molecule has 102 valence electrons. The summed E-state index contributed by atoms with van der Waals surface area (Å²) in [7, 11) is 0. The van der Waals surface area contributed by atoms with Crippen LogP contribution in [0.3, 0.4) is 0 Å². The first-order chi connectivity index (χ1) is 9.18. The molecule has 2 N–H and O–H groups in total. The summed E-state index contributed by atoms with van der Waals surface area (Å²) in [6.45, 7) is 3.43. The van der Waals surface area contributed by atoms with E-state index in [2.05, 4.69) is 0 Å². The topological polar surface area (TPSA) is 55.6 Å². The van der Waals surface area contributed by atoms with Crippen molar-refractivity contribution in [1.82, 2.24) is 4.90 Å². The first-order valence-corrected chi connectivity index (χ1v) is 6.96. The number of benzene rings is 1. The smallest absolute Gasteiger partial charge is 0.230 e. The van der Waals surface area contributed by atoms with Crippen molar-refractivity contribution in [3.8, 4) is 5.75 Å². The highest BCUT2D eigenvalue weighted by Gasteiger charge is 2.37. The van der Waals surface area contributed by atoms with Crippen molar-refractivity contribution >= 4 is 5.91 Å². The Hall–Kier alpha value is -1.55. The molecule has 1 amide bonds. The van der Waals surface area contributed by atoms with Crippen molar-refractivity contribution in [2.75, 3.05) is 13.2 Å². The monoisotopic (exact) mass is 260 g/mol. The van der Waals surface area contributed by atoms with Crippen LogP contribution in [0.1, 0.15) is 31.2 Å². The second-order valence-electron chi connectivity index (χ2n) is 5.45. The van der Waals surface area contributed by atoms with Gasteiger partial charge in [0, 0.05) is 24.2 Å². The quantitative estimate of drug-likeness (QED) is 0.832. The van der Waals surface area contributed by atoms with Gasteiger partial charge < -0.3 is 15.4 Å². The van der Waals surface area contributed by atoms with E-state index in [1.54, 1.807) is 0 Å². The normalized spacial score (nSPS) is 29.8. The highest BCUT2D eigenvalue weighted by Crippen LogP contribution is 2.35. The lowest BCUT2D eigenvalue weighted by Gasteiger charge is -2.31. The third kappa shape index (κ3) is 2.10. The van der Waals surface area contributed by atoms with Gasteiger partial charge in [-0.3, -0.25) is 4.79 Å². The van der Waals surface area contributed by atoms with Gasteiger partial charge in [-0.15, -0.1) is 0 Å². The number of likely N-dealkylation sites (tertiary alicyclic amines) is 1. The fourth-order valence-electron chi connectivity index (χ4n) is 3.07. The van der Waals surface area contributed by atoms with Crippen LogP contribution >= 0.6 is 0 Å². The molecule has 0 bridgehead atoms. The zero-order valence-electron chi connectivity index (χ0n) is 11.2. The zero-order valence-corrected chi connectivity index (χ0v) is 11.2. The predicted molar refractivity (Wildman–Crippen MR) is 73.1 cm³/mol. The minimum Gasteiger partial charge on any atom is -0.493 e. The van der Waals surface area contributed by atoms with E-state index in [4.69, 9.17) is 10.5 Å². The Morgan fingerprint density at radius 1 is 1.37 bits per heavy atom. The fourth-order valence-corrected chi connectivity index (χ4v) is 3.07. The molecule has 2 aliphatic rings. The van der Waals surface area contributed by atoms with Crippen molar-refractivity contribution in [3.05, 3.63) is 29.8 Å². The molecule has 2 heterocycles. The zero-order chi connectivity index (χ0) is 13.4. The molecule has 0 aliphatic carbocycles. The average molecular weight is 260 g/mol. The van der Waals surface area contributed by atoms with Gasteiger partial charge >= 0.3 is 0 Å². The van der Waals surface area contributed by atoms with Crippen LogP contribution < -0.4 is 10.5 Å². The molecule has 0 spiro atoms. The molecule has 1 aromatic rings. The van der Waals surface area contributed by atoms with E-state index in [-0.39, 0.29) is 23.9 Å². The fraction of sp³-hybridized carbons (Fsp3) is 0.533. The number of para-hydroxylation sites is 1. The van der Waals surface area contributed by atoms with Crippen LogP contribution in [0, 0.1) is 0 Å². The summed E-state index contributed by atoms with van der Waals surface area (Å²) < 4.78 is 5.62. The summed E-state index contributed by atoms with van der Waals surface area (Å²) >= 11 is 0. The average Bonchev–Trinajstić information content (AvgIpc) is 2.78. The maximum absolute atomic E-state index is 12.7. The van der Waals surface area contributed by atoms with Gasteiger partial charge in [0.15, 0.2) is 0 Å². The van der Waals surface area contributed by atoms with Crippen molar-refractivity contribution in [3.63, 3.8) is 0 Å². The molecule has 3 rings (SSSR count). The van der Waals surface area contributed by atoms with Crippen LogP contribution in [0.15, 0.2) is 24.3 Å². The summed E-state index contributed by atoms with van der Waals surface area (Å²) in [5, 5.41) is 0. The molecule has 3 atom stereocenters. The third-order valence-electron chi connectivity index (χ3n) is 4.35. The number of hydrogen-bond acceptors (Lipinski definition) is 3. The van der Waals surface area contributed by atoms with Gasteiger partial charge in [-0.2, -0.15) is 0 Å². The van der Waals surface area contributed by atoms with Crippen LogP contribution in [-0.2, 0) is 4.79 Å². The molecule has 0 radical (unpaired) electrons. The molecule has 1 aromatic carbocycles. The van der Waals surface area contributed by atoms with Crippen LogP contribution in [0.5, 0.6) is 5.75 Å². The summed E-state index contributed by atoms with van der Waals surface area (Å²) in [5.41, 5.74) is 7.03. The number of ether oxygens (including phenoxy) is 1. The van der Waals surface area contributed by atoms with Crippen LogP contribution in [0.4, 0.5) is 0 Å². The third-order valence-corrected chi connectivity index (χ3v) is 4.35. The van der Waals surface area contributed by atoms with Gasteiger partial charge in [-0.1, -0.05) is 18.2 Å². The minimum absolute atomic E-state index is 0.0716. The number of amides is 1. The molecular formula is C15H20N2O2. The lowest BCUT2D eigenvalue weighted by atomic mass is 9.91. The number of carbonyl (C=O) groups is 1. The first kappa shape index (κ1) is 12.5. The second-order valence-corrected chi connectivity index (χ2v) is 5.45. The van der Waals surface area contributed by atoms with Crippen LogP contribution in [0.2, 0.25) is 0 Å². The van der Waals surface area contributed by atoms with E-state index in [0.717, 1.165) is 30.7 Å². The molecule has 2 aliphatic heterocycles. The minimum atomic E-state index is -0.0716. The summed E-state index contributed by atoms with van der Waals surface area (Å²) in [4.78, 5) is 14.7. The molecule has 1 saturated heterocycles. The number of rotatable bonds is 1. The van der Waals surface area contributed by atoms with E-state index in [1.165, 1.54) is 0 Å². The molecule has 4 heteroatoms. The van der Waals surface area contributed by atoms with Crippen LogP contribution in [0.25, 0.3) is 0 Å². The maximum atomic E-state index is 12.7. The van der Waals surface area contributed by atoms with Gasteiger partial charge in [0.2, 0.25) is 5.91 Å². The number of carbonyl (C=O) groups excluding carboxylic acids is 1. The van der Waals surface area contributed by atoms with Gasteiger partial charge in [0.25, 0.3) is 0 Å². The Morgan fingerprint density at radius 2 is 2.16 bits per heavy atom. The Balaban J connectivity index is 1.86. The molecular weight excluding hydrogens is 240 g/mol. The lowest BCUT2D eigenvalue weighted by Crippen LogP contribution is -2.43. The summed E-state index contributed by atoms with van der Waals surface area (Å²) in [6, 6.07) is 8.10. The molecule has 0 saturated carbocycles. The Morgan fingerprint density at radius 3 is 2.89 bits per heavy atom. The van der Waals surface area contributed by atoms with Gasteiger partial charge in [0.1, 0.15) is 5.75 Å². The van der Waals surface area contributed by atoms with Gasteiger partial charge in [0.05, 0.1) is 12.5 Å². The van der Waals surface area contributed by atoms with Crippen molar-refractivity contribution in [2.45, 2.75) is 37.8 Å². The number of fused-ring (bicyclic) bond motifs is 1. The molecule has 1 fully saturated rings. The molecule has 0 aromatic heterocycles. The van der Waals surface area contributed by atoms with E-state index >= 15 is 0 Å². The molecule has 4 nitrogen and oxygen atoms in total. The largest absolute Gasteiger partial charge is 0.493 e. The predicted octanol–water partition coefficient (Wildman–Crippen LogP) is 1.50. The van der Waals surface area contributed by atoms with E-state index in [0.29, 0.717) is 6.61 Å². The number of hydrogen-bond donors (Lipinski definition) is 1. The van der Waals surface area contributed by atoms with Crippen molar-refractivity contribution in [1.29, 1.82) is 0 Å². The standard InChI is InChI=1S/C15H20N2O2/c1-10-13(16)6-8-17(10)15(18)12-7-9-19-14-5-3-2-4-11(12)14/h2-5,10,12-13H,6-9,16H2,1H3. The van der Waals surface area contributed by atoms with E-state index < -0.39 is 0 Å².